The van der Waals surface area contributed by atoms with Crippen LogP contribution in [0.15, 0.2) is 27.8 Å². The Morgan fingerprint density at radius 1 is 1.46 bits per heavy atom. The van der Waals surface area contributed by atoms with E-state index in [1.54, 1.807) is 19.5 Å². The first kappa shape index (κ1) is 7.98. The highest BCUT2D eigenvalue weighted by Gasteiger charge is 2.03. The average Bonchev–Trinajstić information content (AvgIpc) is 2.49. The molecule has 0 aliphatic rings. The predicted molar refractivity (Wildman–Crippen MR) is 52.3 cm³/mol. The summed E-state index contributed by atoms with van der Waals surface area (Å²) in [5.74, 6) is 0. The fourth-order valence-electron chi connectivity index (χ4n) is 1.26. The zero-order valence-corrected chi connectivity index (χ0v) is 7.61. The SMILES string of the molecule is CN=Cc1coc2nc(C)ccc12. The maximum Gasteiger partial charge on any atom is 0.226 e. The van der Waals surface area contributed by atoms with E-state index in [4.69, 9.17) is 4.42 Å². The summed E-state index contributed by atoms with van der Waals surface area (Å²) in [5.41, 5.74) is 2.61. The van der Waals surface area contributed by atoms with Gasteiger partial charge in [-0.1, -0.05) is 0 Å². The molecule has 0 unspecified atom stereocenters. The third kappa shape index (κ3) is 1.33. The summed E-state index contributed by atoms with van der Waals surface area (Å²) in [7, 11) is 1.74. The molecule has 3 heteroatoms. The van der Waals surface area contributed by atoms with Crippen LogP contribution in [-0.2, 0) is 0 Å². The molecule has 0 saturated heterocycles. The molecule has 2 rings (SSSR count). The Morgan fingerprint density at radius 3 is 3.08 bits per heavy atom. The number of aryl methyl sites for hydroxylation is 1. The minimum Gasteiger partial charge on any atom is -0.445 e. The molecule has 66 valence electrons. The summed E-state index contributed by atoms with van der Waals surface area (Å²) in [6.07, 6.45) is 3.44. The molecule has 2 aromatic heterocycles. The second kappa shape index (κ2) is 3.01. The molecule has 0 saturated carbocycles. The van der Waals surface area contributed by atoms with Crippen LogP contribution in [-0.4, -0.2) is 18.2 Å². The number of hydrogen-bond acceptors (Lipinski definition) is 3. The Hall–Kier alpha value is -1.64. The standard InChI is InChI=1S/C10H10N2O/c1-7-3-4-9-8(5-11-2)6-13-10(9)12-7/h3-6H,1-2H3. The Morgan fingerprint density at radius 2 is 2.31 bits per heavy atom. The Bertz CT molecular complexity index is 457. The highest BCUT2D eigenvalue weighted by atomic mass is 16.3. The maximum absolute atomic E-state index is 5.28. The first-order valence-corrected chi connectivity index (χ1v) is 4.08. The van der Waals surface area contributed by atoms with E-state index in [1.807, 2.05) is 19.1 Å². The third-order valence-electron chi connectivity index (χ3n) is 1.88. The summed E-state index contributed by atoms with van der Waals surface area (Å²) in [4.78, 5) is 8.19. The number of pyridine rings is 1. The van der Waals surface area contributed by atoms with Gasteiger partial charge in [0, 0.05) is 29.9 Å². The molecule has 0 amide bonds. The van der Waals surface area contributed by atoms with Crippen LogP contribution in [0.5, 0.6) is 0 Å². The number of nitrogens with zero attached hydrogens (tertiary/aromatic N) is 2. The van der Waals surface area contributed by atoms with Crippen molar-refractivity contribution in [2.24, 2.45) is 4.99 Å². The number of rotatable bonds is 1. The fraction of sp³-hybridized carbons (Fsp3) is 0.200. The molecule has 0 atom stereocenters. The van der Waals surface area contributed by atoms with E-state index in [1.165, 1.54) is 0 Å². The molecule has 0 N–H and O–H groups in total. The molecule has 0 aliphatic carbocycles. The van der Waals surface area contributed by atoms with Crippen molar-refractivity contribution in [2.45, 2.75) is 6.92 Å². The zero-order chi connectivity index (χ0) is 9.26. The van der Waals surface area contributed by atoms with Gasteiger partial charge >= 0.3 is 0 Å². The van der Waals surface area contributed by atoms with Gasteiger partial charge in [0.2, 0.25) is 5.71 Å². The van der Waals surface area contributed by atoms with Gasteiger partial charge in [0.15, 0.2) is 0 Å². The van der Waals surface area contributed by atoms with Gasteiger partial charge < -0.3 is 4.42 Å². The van der Waals surface area contributed by atoms with Crippen LogP contribution in [0.2, 0.25) is 0 Å². The molecular formula is C10H10N2O. The summed E-state index contributed by atoms with van der Waals surface area (Å²) >= 11 is 0. The average molecular weight is 174 g/mol. The molecule has 0 bridgehead atoms. The summed E-state index contributed by atoms with van der Waals surface area (Å²) in [6.45, 7) is 1.94. The van der Waals surface area contributed by atoms with E-state index >= 15 is 0 Å². The monoisotopic (exact) mass is 174 g/mol. The third-order valence-corrected chi connectivity index (χ3v) is 1.88. The second-order valence-corrected chi connectivity index (χ2v) is 2.88. The van der Waals surface area contributed by atoms with E-state index in [9.17, 15) is 0 Å². The molecule has 3 nitrogen and oxygen atoms in total. The molecule has 0 aromatic carbocycles. The maximum atomic E-state index is 5.28. The highest BCUT2D eigenvalue weighted by molar-refractivity contribution is 5.96. The summed E-state index contributed by atoms with van der Waals surface area (Å²) in [5, 5.41) is 1.01. The number of aromatic nitrogens is 1. The smallest absolute Gasteiger partial charge is 0.226 e. The number of fused-ring (bicyclic) bond motifs is 1. The normalized spacial score (nSPS) is 11.5. The first-order chi connectivity index (χ1) is 6.31. The molecule has 13 heavy (non-hydrogen) atoms. The van der Waals surface area contributed by atoms with Crippen molar-refractivity contribution in [3.05, 3.63) is 29.7 Å². The number of hydrogen-bond donors (Lipinski definition) is 0. The van der Waals surface area contributed by atoms with E-state index in [0.29, 0.717) is 5.71 Å². The molecule has 2 heterocycles. The van der Waals surface area contributed by atoms with Gasteiger partial charge in [-0.3, -0.25) is 4.99 Å². The van der Waals surface area contributed by atoms with Crippen molar-refractivity contribution in [3.63, 3.8) is 0 Å². The lowest BCUT2D eigenvalue weighted by Gasteiger charge is -1.90. The van der Waals surface area contributed by atoms with Crippen molar-refractivity contribution in [3.8, 4) is 0 Å². The highest BCUT2D eigenvalue weighted by Crippen LogP contribution is 2.17. The van der Waals surface area contributed by atoms with Crippen LogP contribution in [0, 0.1) is 6.92 Å². The Balaban J connectivity index is 2.68. The van der Waals surface area contributed by atoms with Crippen molar-refractivity contribution in [2.75, 3.05) is 7.05 Å². The van der Waals surface area contributed by atoms with Crippen molar-refractivity contribution >= 4 is 17.3 Å². The molecule has 0 spiro atoms. The largest absolute Gasteiger partial charge is 0.445 e. The van der Waals surface area contributed by atoms with Gasteiger partial charge in [-0.25, -0.2) is 4.98 Å². The molecular weight excluding hydrogens is 164 g/mol. The van der Waals surface area contributed by atoms with E-state index in [2.05, 4.69) is 9.98 Å². The van der Waals surface area contributed by atoms with Crippen LogP contribution in [0.4, 0.5) is 0 Å². The van der Waals surface area contributed by atoms with Gasteiger partial charge in [0.25, 0.3) is 0 Å². The van der Waals surface area contributed by atoms with Gasteiger partial charge in [-0.2, -0.15) is 0 Å². The molecule has 0 aliphatic heterocycles. The second-order valence-electron chi connectivity index (χ2n) is 2.88. The first-order valence-electron chi connectivity index (χ1n) is 4.08. The summed E-state index contributed by atoms with van der Waals surface area (Å²) < 4.78 is 5.28. The lowest BCUT2D eigenvalue weighted by molar-refractivity contribution is 0.601. The predicted octanol–water partition coefficient (Wildman–Crippen LogP) is 2.18. The quantitative estimate of drug-likeness (QED) is 0.621. The molecule has 0 radical (unpaired) electrons. The summed E-state index contributed by atoms with van der Waals surface area (Å²) in [6, 6.07) is 3.96. The van der Waals surface area contributed by atoms with E-state index in [0.717, 1.165) is 16.6 Å². The van der Waals surface area contributed by atoms with Gasteiger partial charge in [0.05, 0.1) is 0 Å². The van der Waals surface area contributed by atoms with Gasteiger partial charge in [-0.05, 0) is 19.1 Å². The van der Waals surface area contributed by atoms with Gasteiger partial charge in [0.1, 0.15) is 6.26 Å². The van der Waals surface area contributed by atoms with E-state index < -0.39 is 0 Å². The van der Waals surface area contributed by atoms with Crippen LogP contribution in [0.25, 0.3) is 11.1 Å². The minimum absolute atomic E-state index is 0.676. The molecule has 0 fully saturated rings. The Labute approximate surface area is 76.1 Å². The van der Waals surface area contributed by atoms with Crippen molar-refractivity contribution < 1.29 is 4.42 Å². The lowest BCUT2D eigenvalue weighted by Crippen LogP contribution is -1.81. The van der Waals surface area contributed by atoms with Crippen LogP contribution >= 0.6 is 0 Å². The lowest BCUT2D eigenvalue weighted by atomic mass is 10.2. The number of aliphatic imine (C=N–C) groups is 1. The Kier molecular flexibility index (Phi) is 1.85. The topological polar surface area (TPSA) is 38.4 Å². The van der Waals surface area contributed by atoms with E-state index in [-0.39, 0.29) is 0 Å². The number of furan rings is 1. The van der Waals surface area contributed by atoms with Crippen molar-refractivity contribution in [1.82, 2.24) is 4.98 Å². The molecule has 2 aromatic rings. The van der Waals surface area contributed by atoms with Crippen LogP contribution < -0.4 is 0 Å². The van der Waals surface area contributed by atoms with Gasteiger partial charge in [-0.15, -0.1) is 0 Å². The van der Waals surface area contributed by atoms with Crippen molar-refractivity contribution in [1.29, 1.82) is 0 Å². The zero-order valence-electron chi connectivity index (χ0n) is 7.61. The van der Waals surface area contributed by atoms with Crippen LogP contribution in [0.1, 0.15) is 11.3 Å². The van der Waals surface area contributed by atoms with Crippen LogP contribution in [0.3, 0.4) is 0 Å². The minimum atomic E-state index is 0.676. The fourth-order valence-corrected chi connectivity index (χ4v) is 1.26.